The Morgan fingerprint density at radius 1 is 0.661 bits per heavy atom. The maximum absolute atomic E-state index is 11.1. The third-order valence-electron chi connectivity index (χ3n) is 4.88. The molecule has 0 saturated heterocycles. The van der Waals surface area contributed by atoms with Crippen molar-refractivity contribution in [3.63, 3.8) is 0 Å². The molecule has 0 aliphatic carbocycles. The van der Waals surface area contributed by atoms with E-state index < -0.39 is 0 Å². The van der Waals surface area contributed by atoms with E-state index in [4.69, 9.17) is 0 Å². The fourth-order valence-corrected chi connectivity index (χ4v) is 3.02. The van der Waals surface area contributed by atoms with Crippen LogP contribution >= 0.6 is 0 Å². The third kappa shape index (κ3) is 32.5. The average molecular weight is 778 g/mol. The molecule has 56 heavy (non-hydrogen) atoms. The second-order valence-corrected chi connectivity index (χ2v) is 8.16. The third-order valence-corrected chi connectivity index (χ3v) is 4.88. The van der Waals surface area contributed by atoms with E-state index in [1.54, 1.807) is 55.6 Å². The highest BCUT2D eigenvalue weighted by Crippen LogP contribution is 2.18. The summed E-state index contributed by atoms with van der Waals surface area (Å²) >= 11 is 0. The molecule has 16 heteroatoms. The van der Waals surface area contributed by atoms with Crippen molar-refractivity contribution in [2.24, 2.45) is 12.0 Å². The lowest BCUT2D eigenvalue weighted by atomic mass is 10.2. The lowest BCUT2D eigenvalue weighted by molar-refractivity contribution is 0.0934. The lowest BCUT2D eigenvalue weighted by Gasteiger charge is -2.20. The van der Waals surface area contributed by atoms with Crippen molar-refractivity contribution in [1.29, 1.82) is 0 Å². The minimum absolute atomic E-state index is 0. The van der Waals surface area contributed by atoms with Gasteiger partial charge in [-0.3, -0.25) is 9.89 Å². The Morgan fingerprint density at radius 3 is 1.59 bits per heavy atom. The molecule has 6 aromatic heterocycles. The highest BCUT2D eigenvalue weighted by atomic mass is 16.2. The first-order chi connectivity index (χ1) is 27.1. The van der Waals surface area contributed by atoms with Crippen LogP contribution in [0.25, 0.3) is 0 Å². The Hall–Kier alpha value is -6.19. The minimum Gasteiger partial charge on any atom is -0.348 e. The SMILES string of the molecule is C.C1=Nc2ncccc2C1.CC.CC.CC.CC.CC.CC.CC1NC(=O)c2[nH]cnc2N1.Cn1ccnc1.c1cncnc1.c1cncnc1.c1nc[nH]n1. The van der Waals surface area contributed by atoms with Gasteiger partial charge in [-0.1, -0.05) is 96.6 Å². The van der Waals surface area contributed by atoms with E-state index in [-0.39, 0.29) is 19.5 Å². The number of anilines is 1. The molecule has 0 radical (unpaired) electrons. The van der Waals surface area contributed by atoms with E-state index in [0.717, 1.165) is 12.2 Å². The fourth-order valence-electron chi connectivity index (χ4n) is 3.02. The number of aryl methyl sites for hydroxylation is 1. The molecule has 2 aliphatic heterocycles. The number of imidazole rings is 2. The Balaban J connectivity index is -0.000000178. The number of hydrogen-bond acceptors (Lipinski definition) is 12. The number of fused-ring (bicyclic) bond motifs is 2. The lowest BCUT2D eigenvalue weighted by Crippen LogP contribution is -2.42. The molecule has 0 aromatic carbocycles. The van der Waals surface area contributed by atoms with Gasteiger partial charge >= 0.3 is 0 Å². The van der Waals surface area contributed by atoms with E-state index in [0.29, 0.717) is 11.5 Å². The van der Waals surface area contributed by atoms with Crippen molar-refractivity contribution in [3.05, 3.63) is 117 Å². The Bertz CT molecular complexity index is 1450. The predicted octanol–water partition coefficient (Wildman–Crippen LogP) is 9.22. The van der Waals surface area contributed by atoms with E-state index in [1.165, 1.54) is 37.2 Å². The zero-order valence-corrected chi connectivity index (χ0v) is 35.5. The number of aromatic amines is 2. The summed E-state index contributed by atoms with van der Waals surface area (Å²) in [6.45, 7) is 25.9. The van der Waals surface area contributed by atoms with Crippen LogP contribution in [0, 0.1) is 0 Å². The van der Waals surface area contributed by atoms with Crippen LogP contribution in [0.2, 0.25) is 0 Å². The summed E-state index contributed by atoms with van der Waals surface area (Å²) in [4.78, 5) is 48.0. The fraction of sp³-hybridized carbons (Fsp3) is 0.425. The number of pyridine rings is 1. The maximum Gasteiger partial charge on any atom is 0.273 e. The first-order valence-corrected chi connectivity index (χ1v) is 18.8. The second-order valence-electron chi connectivity index (χ2n) is 8.16. The van der Waals surface area contributed by atoms with Crippen molar-refractivity contribution in [2.45, 2.75) is 110 Å². The van der Waals surface area contributed by atoms with Crippen LogP contribution in [0.5, 0.6) is 0 Å². The largest absolute Gasteiger partial charge is 0.348 e. The first-order valence-electron chi connectivity index (χ1n) is 18.8. The van der Waals surface area contributed by atoms with E-state index in [1.807, 2.05) is 120 Å². The zero-order valence-electron chi connectivity index (χ0n) is 35.5. The minimum atomic E-state index is -0.108. The number of nitrogens with one attached hydrogen (secondary N) is 4. The van der Waals surface area contributed by atoms with Gasteiger partial charge in [0.25, 0.3) is 5.91 Å². The van der Waals surface area contributed by atoms with E-state index in [2.05, 4.69) is 76.7 Å². The smallest absolute Gasteiger partial charge is 0.273 e. The molecular weight excluding hydrogens is 707 g/mol. The molecule has 312 valence electrons. The number of amides is 1. The van der Waals surface area contributed by atoms with Gasteiger partial charge in [0, 0.05) is 68.6 Å². The van der Waals surface area contributed by atoms with Gasteiger partial charge < -0.3 is 20.2 Å². The average Bonchev–Trinajstić information content (AvgIpc) is 4.15. The molecule has 0 spiro atoms. The van der Waals surface area contributed by atoms with Crippen LogP contribution in [0.3, 0.4) is 0 Å². The summed E-state index contributed by atoms with van der Waals surface area (Å²) in [6, 6.07) is 7.54. The van der Waals surface area contributed by atoms with Crippen LogP contribution in [-0.4, -0.2) is 77.9 Å². The molecule has 16 nitrogen and oxygen atoms in total. The van der Waals surface area contributed by atoms with Crippen molar-refractivity contribution < 1.29 is 4.79 Å². The monoisotopic (exact) mass is 778 g/mol. The predicted molar refractivity (Wildman–Crippen MR) is 234 cm³/mol. The van der Waals surface area contributed by atoms with Crippen LogP contribution < -0.4 is 10.6 Å². The quantitative estimate of drug-likeness (QED) is 0.114. The molecule has 8 rings (SSSR count). The van der Waals surface area contributed by atoms with Gasteiger partial charge in [0.15, 0.2) is 11.6 Å². The molecule has 4 N–H and O–H groups in total. The van der Waals surface area contributed by atoms with E-state index >= 15 is 0 Å². The summed E-state index contributed by atoms with van der Waals surface area (Å²) < 4.78 is 1.89. The summed E-state index contributed by atoms with van der Waals surface area (Å²) in [7, 11) is 1.94. The maximum atomic E-state index is 11.1. The number of rotatable bonds is 0. The van der Waals surface area contributed by atoms with Gasteiger partial charge in [-0.2, -0.15) is 5.10 Å². The highest BCUT2D eigenvalue weighted by Gasteiger charge is 2.22. The van der Waals surface area contributed by atoms with Gasteiger partial charge in [0.1, 0.15) is 31.0 Å². The molecule has 0 fully saturated rings. The van der Waals surface area contributed by atoms with Crippen LogP contribution in [0.1, 0.15) is 113 Å². The summed E-state index contributed by atoms with van der Waals surface area (Å²) in [6.07, 6.45) is 24.1. The zero-order chi connectivity index (χ0) is 42.4. The Labute approximate surface area is 337 Å². The number of H-pyrrole nitrogens is 2. The van der Waals surface area contributed by atoms with Gasteiger partial charge in [-0.25, -0.2) is 44.9 Å². The van der Waals surface area contributed by atoms with Crippen LogP contribution in [0.15, 0.2) is 111 Å². The first kappa shape index (κ1) is 59.1. The summed E-state index contributed by atoms with van der Waals surface area (Å²) in [5.74, 6) is 1.41. The highest BCUT2D eigenvalue weighted by molar-refractivity contribution is 5.98. The molecule has 2 aliphatic rings. The van der Waals surface area contributed by atoms with Gasteiger partial charge in [-0.05, 0) is 25.1 Å². The Kier molecular flexibility index (Phi) is 51.5. The molecule has 8 heterocycles. The Morgan fingerprint density at radius 2 is 1.23 bits per heavy atom. The summed E-state index contributed by atoms with van der Waals surface area (Å²) in [5, 5.41) is 11.7. The van der Waals surface area contributed by atoms with Crippen molar-refractivity contribution >= 4 is 23.8 Å². The number of carbonyl (C=O) groups is 1. The molecule has 0 bridgehead atoms. The molecule has 1 unspecified atom stereocenters. The number of nitrogens with zero attached hydrogens (tertiary/aromatic N) is 11. The number of aliphatic imine (C=N–C) groups is 1. The van der Waals surface area contributed by atoms with Crippen LogP contribution in [0.4, 0.5) is 11.6 Å². The van der Waals surface area contributed by atoms with Crippen molar-refractivity contribution in [1.82, 2.24) is 64.9 Å². The van der Waals surface area contributed by atoms with Gasteiger partial charge in [0.2, 0.25) is 0 Å². The normalized spacial score (nSPS) is 10.5. The van der Waals surface area contributed by atoms with Gasteiger partial charge in [0.05, 0.1) is 18.8 Å². The molecule has 0 saturated carbocycles. The van der Waals surface area contributed by atoms with Crippen molar-refractivity contribution in [3.8, 4) is 0 Å². The number of aromatic nitrogens is 12. The standard InChI is InChI=1S/C7H6N2.C6H8N4O.C4H6N2.2C4H4N2.C2H3N3.6C2H6.CH4/c1-2-6-3-5-9-7(6)8-4-1;1-3-9-5-4(6(11)10-3)7-2-8-5;1-6-3-2-5-4-6;2*1-2-5-4-6-3-1;1-3-2-5-4-1;6*1-2;/h1-2,4-5H,3H2;2-3,9H,1H3,(H,7,8)(H,10,11);2-4H,1H3;2*1-4H;1-2H,(H,3,4,5);6*1-2H3;1H4. The summed E-state index contributed by atoms with van der Waals surface area (Å²) in [5.41, 5.74) is 1.74. The number of hydrogen-bond donors (Lipinski definition) is 4. The second kappa shape index (κ2) is 48.8. The van der Waals surface area contributed by atoms with E-state index in [9.17, 15) is 4.79 Å². The van der Waals surface area contributed by atoms with Crippen molar-refractivity contribution in [2.75, 3.05) is 5.32 Å². The molecule has 1 amide bonds. The molecule has 1 atom stereocenters. The number of carbonyl (C=O) groups excluding carboxylic acids is 1. The van der Waals surface area contributed by atoms with Crippen LogP contribution in [-0.2, 0) is 13.5 Å². The molecule has 6 aromatic rings. The molecular formula is C40H71N15O. The van der Waals surface area contributed by atoms with Gasteiger partial charge in [-0.15, -0.1) is 0 Å². The topological polar surface area (TPSA) is 206 Å².